The van der Waals surface area contributed by atoms with E-state index in [1.165, 1.54) is 0 Å². The molecule has 138 valence electrons. The molecule has 1 N–H and O–H groups in total. The first-order valence-electron chi connectivity index (χ1n) is 9.49. The van der Waals surface area contributed by atoms with E-state index >= 15 is 0 Å². The van der Waals surface area contributed by atoms with Crippen LogP contribution < -0.4 is 10.1 Å². The van der Waals surface area contributed by atoms with Crippen molar-refractivity contribution in [2.24, 2.45) is 5.92 Å². The van der Waals surface area contributed by atoms with Gasteiger partial charge in [0, 0.05) is 12.2 Å². The lowest BCUT2D eigenvalue weighted by atomic mass is 10.0. The van der Waals surface area contributed by atoms with Crippen LogP contribution in [0.25, 0.3) is 0 Å². The van der Waals surface area contributed by atoms with E-state index in [1.54, 1.807) is 0 Å². The SMILES string of the molecule is CCCCN1C(=O)c2ccccc2NC1c1cccc(OCC(C)C)c1. The fourth-order valence-corrected chi connectivity index (χ4v) is 3.15. The van der Waals surface area contributed by atoms with E-state index in [2.05, 4.69) is 32.2 Å². The number of carbonyl (C=O) groups excluding carboxylic acids is 1. The molecule has 0 aliphatic carbocycles. The van der Waals surface area contributed by atoms with Gasteiger partial charge in [0.25, 0.3) is 5.91 Å². The highest BCUT2D eigenvalue weighted by molar-refractivity contribution is 6.01. The molecular weight excluding hydrogens is 324 g/mol. The molecular formula is C22H28N2O2. The van der Waals surface area contributed by atoms with Crippen molar-refractivity contribution >= 4 is 11.6 Å². The number of carbonyl (C=O) groups is 1. The highest BCUT2D eigenvalue weighted by Gasteiger charge is 2.32. The first-order chi connectivity index (χ1) is 12.6. The van der Waals surface area contributed by atoms with Crippen LogP contribution in [0.4, 0.5) is 5.69 Å². The zero-order valence-electron chi connectivity index (χ0n) is 15.9. The molecule has 3 rings (SSSR count). The smallest absolute Gasteiger partial charge is 0.257 e. The number of unbranched alkanes of at least 4 members (excludes halogenated alkanes) is 1. The average molecular weight is 352 g/mol. The molecule has 0 saturated carbocycles. The Morgan fingerprint density at radius 3 is 2.73 bits per heavy atom. The zero-order valence-corrected chi connectivity index (χ0v) is 15.9. The first-order valence-corrected chi connectivity index (χ1v) is 9.49. The van der Waals surface area contributed by atoms with E-state index in [-0.39, 0.29) is 12.1 Å². The molecule has 1 aliphatic rings. The number of ether oxygens (including phenoxy) is 1. The van der Waals surface area contributed by atoms with Gasteiger partial charge in [-0.05, 0) is 42.2 Å². The minimum absolute atomic E-state index is 0.0892. The summed E-state index contributed by atoms with van der Waals surface area (Å²) in [6.07, 6.45) is 1.86. The molecule has 2 aromatic carbocycles. The Balaban J connectivity index is 1.91. The van der Waals surface area contributed by atoms with Gasteiger partial charge < -0.3 is 15.0 Å². The van der Waals surface area contributed by atoms with Crippen molar-refractivity contribution in [2.75, 3.05) is 18.5 Å². The summed E-state index contributed by atoms with van der Waals surface area (Å²) in [5.74, 6) is 1.41. The van der Waals surface area contributed by atoms with Gasteiger partial charge in [-0.2, -0.15) is 0 Å². The van der Waals surface area contributed by atoms with Gasteiger partial charge >= 0.3 is 0 Å². The number of fused-ring (bicyclic) bond motifs is 1. The second-order valence-corrected chi connectivity index (χ2v) is 7.22. The molecule has 0 fully saturated rings. The summed E-state index contributed by atoms with van der Waals surface area (Å²) in [6, 6.07) is 15.8. The van der Waals surface area contributed by atoms with Crippen molar-refractivity contribution in [1.82, 2.24) is 4.90 Å². The predicted molar refractivity (Wildman–Crippen MR) is 106 cm³/mol. The average Bonchev–Trinajstić information content (AvgIpc) is 2.66. The lowest BCUT2D eigenvalue weighted by Gasteiger charge is -2.38. The number of anilines is 1. The minimum atomic E-state index is -0.174. The molecule has 1 amide bonds. The Bertz CT molecular complexity index is 757. The molecule has 0 radical (unpaired) electrons. The Kier molecular flexibility index (Phi) is 5.82. The Morgan fingerprint density at radius 1 is 1.15 bits per heavy atom. The standard InChI is InChI=1S/C22H28N2O2/c1-4-5-13-24-21(23-20-12-7-6-11-19(20)22(24)25)17-9-8-10-18(14-17)26-15-16(2)3/h6-12,14,16,21,23H,4-5,13,15H2,1-3H3. The lowest BCUT2D eigenvalue weighted by molar-refractivity contribution is 0.0680. The molecule has 1 aliphatic heterocycles. The summed E-state index contributed by atoms with van der Waals surface area (Å²) in [4.78, 5) is 15.0. The van der Waals surface area contributed by atoms with Crippen molar-refractivity contribution in [1.29, 1.82) is 0 Å². The molecule has 2 aromatic rings. The summed E-state index contributed by atoms with van der Waals surface area (Å²) in [7, 11) is 0. The third-order valence-corrected chi connectivity index (χ3v) is 4.53. The number of benzene rings is 2. The van der Waals surface area contributed by atoms with E-state index in [0.717, 1.165) is 42.0 Å². The zero-order chi connectivity index (χ0) is 18.5. The van der Waals surface area contributed by atoms with Crippen LogP contribution in [-0.4, -0.2) is 24.0 Å². The van der Waals surface area contributed by atoms with Crippen LogP contribution in [0.3, 0.4) is 0 Å². The molecule has 0 spiro atoms. The van der Waals surface area contributed by atoms with Crippen LogP contribution in [0.5, 0.6) is 5.75 Å². The quantitative estimate of drug-likeness (QED) is 0.755. The Morgan fingerprint density at radius 2 is 1.96 bits per heavy atom. The van der Waals surface area contributed by atoms with E-state index in [9.17, 15) is 4.79 Å². The van der Waals surface area contributed by atoms with E-state index < -0.39 is 0 Å². The monoisotopic (exact) mass is 352 g/mol. The molecule has 0 saturated heterocycles. The second kappa shape index (κ2) is 8.26. The van der Waals surface area contributed by atoms with Crippen LogP contribution in [0.2, 0.25) is 0 Å². The number of rotatable bonds is 7. The van der Waals surface area contributed by atoms with Gasteiger partial charge in [0.1, 0.15) is 11.9 Å². The molecule has 4 nitrogen and oxygen atoms in total. The normalized spacial score (nSPS) is 16.4. The fraction of sp³-hybridized carbons (Fsp3) is 0.409. The van der Waals surface area contributed by atoms with Gasteiger partial charge in [-0.25, -0.2) is 0 Å². The highest BCUT2D eigenvalue weighted by atomic mass is 16.5. The maximum Gasteiger partial charge on any atom is 0.257 e. The third kappa shape index (κ3) is 4.01. The molecule has 1 unspecified atom stereocenters. The second-order valence-electron chi connectivity index (χ2n) is 7.22. The molecule has 0 aromatic heterocycles. The van der Waals surface area contributed by atoms with E-state index in [4.69, 9.17) is 4.74 Å². The van der Waals surface area contributed by atoms with E-state index in [0.29, 0.717) is 12.5 Å². The van der Waals surface area contributed by atoms with Crippen molar-refractivity contribution < 1.29 is 9.53 Å². The van der Waals surface area contributed by atoms with Gasteiger partial charge in [0.2, 0.25) is 0 Å². The lowest BCUT2D eigenvalue weighted by Crippen LogP contribution is -2.43. The van der Waals surface area contributed by atoms with Gasteiger partial charge in [0.05, 0.1) is 12.2 Å². The van der Waals surface area contributed by atoms with Crippen LogP contribution in [-0.2, 0) is 0 Å². The van der Waals surface area contributed by atoms with Crippen molar-refractivity contribution in [3.05, 3.63) is 59.7 Å². The topological polar surface area (TPSA) is 41.6 Å². The molecule has 26 heavy (non-hydrogen) atoms. The number of para-hydroxylation sites is 1. The van der Waals surface area contributed by atoms with Gasteiger partial charge in [0.15, 0.2) is 0 Å². The number of amides is 1. The van der Waals surface area contributed by atoms with Crippen LogP contribution in [0, 0.1) is 5.92 Å². The molecule has 1 heterocycles. The fourth-order valence-electron chi connectivity index (χ4n) is 3.15. The summed E-state index contributed by atoms with van der Waals surface area (Å²) in [6.45, 7) is 7.83. The molecule has 0 bridgehead atoms. The van der Waals surface area contributed by atoms with Gasteiger partial charge in [-0.1, -0.05) is 51.5 Å². The maximum atomic E-state index is 13.1. The van der Waals surface area contributed by atoms with Crippen LogP contribution in [0.15, 0.2) is 48.5 Å². The Hall–Kier alpha value is -2.49. The summed E-state index contributed by atoms with van der Waals surface area (Å²) < 4.78 is 5.88. The largest absolute Gasteiger partial charge is 0.493 e. The third-order valence-electron chi connectivity index (χ3n) is 4.53. The highest BCUT2D eigenvalue weighted by Crippen LogP contribution is 2.34. The first kappa shape index (κ1) is 18.3. The molecule has 4 heteroatoms. The van der Waals surface area contributed by atoms with Gasteiger partial charge in [-0.15, -0.1) is 0 Å². The summed E-state index contributed by atoms with van der Waals surface area (Å²) in [5, 5.41) is 3.54. The van der Waals surface area contributed by atoms with E-state index in [1.807, 2.05) is 47.4 Å². The van der Waals surface area contributed by atoms with Crippen LogP contribution >= 0.6 is 0 Å². The number of hydrogen-bond donors (Lipinski definition) is 1. The number of hydrogen-bond acceptors (Lipinski definition) is 3. The van der Waals surface area contributed by atoms with Crippen LogP contribution in [0.1, 0.15) is 55.7 Å². The summed E-state index contributed by atoms with van der Waals surface area (Å²) in [5.41, 5.74) is 2.68. The summed E-state index contributed by atoms with van der Waals surface area (Å²) >= 11 is 0. The number of nitrogens with one attached hydrogen (secondary N) is 1. The molecule has 1 atom stereocenters. The predicted octanol–water partition coefficient (Wildman–Crippen LogP) is 5.09. The number of nitrogens with zero attached hydrogens (tertiary/aromatic N) is 1. The van der Waals surface area contributed by atoms with Crippen molar-refractivity contribution in [3.8, 4) is 5.75 Å². The maximum absolute atomic E-state index is 13.1. The van der Waals surface area contributed by atoms with Gasteiger partial charge in [-0.3, -0.25) is 4.79 Å². The minimum Gasteiger partial charge on any atom is -0.493 e. The van der Waals surface area contributed by atoms with Crippen molar-refractivity contribution in [2.45, 2.75) is 39.8 Å². The Labute approximate surface area is 156 Å². The van der Waals surface area contributed by atoms with Crippen molar-refractivity contribution in [3.63, 3.8) is 0 Å².